The summed E-state index contributed by atoms with van der Waals surface area (Å²) < 4.78 is 0. The minimum Gasteiger partial charge on any atom is -0.351 e. The van der Waals surface area contributed by atoms with E-state index in [0.29, 0.717) is 20.6 Å². The van der Waals surface area contributed by atoms with E-state index in [9.17, 15) is 4.79 Å². The Morgan fingerprint density at radius 2 is 1.71 bits per heavy atom. The van der Waals surface area contributed by atoms with Crippen LogP contribution < -0.4 is 0 Å². The lowest BCUT2D eigenvalue weighted by molar-refractivity contribution is -0.114. The summed E-state index contributed by atoms with van der Waals surface area (Å²) in [6.45, 7) is 5.43. The summed E-state index contributed by atoms with van der Waals surface area (Å²) in [5, 5.41) is 1.07. The monoisotopic (exact) mass is 342 g/mol. The fourth-order valence-corrected chi connectivity index (χ4v) is 3.08. The number of hydrogen-bond donors (Lipinski definition) is 0. The van der Waals surface area contributed by atoms with Gasteiger partial charge in [0, 0.05) is 29.9 Å². The maximum Gasteiger partial charge on any atom is 0.158 e. The number of ketones is 1. The van der Waals surface area contributed by atoms with Crippen LogP contribution >= 0.6 is 34.8 Å². The highest BCUT2D eigenvalue weighted by molar-refractivity contribution is 6.48. The zero-order valence-electron chi connectivity index (χ0n) is 12.2. The molecule has 1 aromatic carbocycles. The number of hydrogen-bond acceptors (Lipinski definition) is 2. The van der Waals surface area contributed by atoms with E-state index in [1.54, 1.807) is 19.1 Å². The largest absolute Gasteiger partial charge is 0.351 e. The summed E-state index contributed by atoms with van der Waals surface area (Å²) in [6.07, 6.45) is 3.32. The van der Waals surface area contributed by atoms with Gasteiger partial charge in [0.25, 0.3) is 0 Å². The molecule has 0 fully saturated rings. The first-order chi connectivity index (χ1) is 9.73. The molecule has 5 heteroatoms. The lowest BCUT2D eigenvalue weighted by Gasteiger charge is -2.32. The lowest BCUT2D eigenvalue weighted by Crippen LogP contribution is -2.25. The number of Topliss-reactive ketones (excluding diaryl/α,β-unsaturated/α-hetero) is 1. The average molecular weight is 344 g/mol. The SMILES string of the molecule is CC(=O)C1=C(C)N(C)C(C)=[C]C1c1cc(Cl)c(Cl)c(Cl)c1. The van der Waals surface area contributed by atoms with Gasteiger partial charge in [-0.3, -0.25) is 4.79 Å². The molecule has 0 bridgehead atoms. The first-order valence-corrected chi connectivity index (χ1v) is 7.57. The molecule has 0 aromatic heterocycles. The number of carbonyl (C=O) groups is 1. The number of rotatable bonds is 2. The summed E-state index contributed by atoms with van der Waals surface area (Å²) in [7, 11) is 1.92. The van der Waals surface area contributed by atoms with E-state index in [1.165, 1.54) is 0 Å². The predicted octanol–water partition coefficient (Wildman–Crippen LogP) is 5.25. The van der Waals surface area contributed by atoms with Crippen molar-refractivity contribution >= 4 is 40.6 Å². The number of allylic oxidation sites excluding steroid dienone is 4. The second-order valence-electron chi connectivity index (χ2n) is 5.08. The van der Waals surface area contributed by atoms with Gasteiger partial charge in [0.2, 0.25) is 0 Å². The third-order valence-electron chi connectivity index (χ3n) is 3.76. The van der Waals surface area contributed by atoms with E-state index in [2.05, 4.69) is 6.08 Å². The first kappa shape index (κ1) is 16.4. The quantitative estimate of drug-likeness (QED) is 0.684. The lowest BCUT2D eigenvalue weighted by atomic mass is 9.84. The second kappa shape index (κ2) is 6.04. The van der Waals surface area contributed by atoms with Crippen LogP contribution in [0, 0.1) is 6.08 Å². The van der Waals surface area contributed by atoms with Crippen molar-refractivity contribution in [2.45, 2.75) is 26.7 Å². The Morgan fingerprint density at radius 3 is 2.19 bits per heavy atom. The number of nitrogens with zero attached hydrogens (tertiary/aromatic N) is 1. The highest BCUT2D eigenvalue weighted by Gasteiger charge is 2.28. The third kappa shape index (κ3) is 2.98. The van der Waals surface area contributed by atoms with Crippen LogP contribution in [0.15, 0.2) is 29.1 Å². The van der Waals surface area contributed by atoms with Crippen LogP contribution in [0.5, 0.6) is 0 Å². The van der Waals surface area contributed by atoms with Crippen LogP contribution in [-0.2, 0) is 4.79 Å². The van der Waals surface area contributed by atoms with Crippen molar-refractivity contribution in [3.8, 4) is 0 Å². The Hall–Kier alpha value is -0.960. The highest BCUT2D eigenvalue weighted by Crippen LogP contribution is 2.39. The molecule has 1 aromatic rings. The molecule has 1 aliphatic rings. The van der Waals surface area contributed by atoms with Gasteiger partial charge in [0.1, 0.15) is 0 Å². The molecule has 111 valence electrons. The summed E-state index contributed by atoms with van der Waals surface area (Å²) in [5.41, 5.74) is 3.36. The van der Waals surface area contributed by atoms with Crippen molar-refractivity contribution in [1.82, 2.24) is 4.90 Å². The topological polar surface area (TPSA) is 20.3 Å². The van der Waals surface area contributed by atoms with Crippen molar-refractivity contribution in [2.24, 2.45) is 0 Å². The maximum absolute atomic E-state index is 12.1. The Bertz CT molecular complexity index is 653. The number of carbonyl (C=O) groups excluding carboxylic acids is 1. The molecule has 21 heavy (non-hydrogen) atoms. The van der Waals surface area contributed by atoms with Crippen LogP contribution in [0.2, 0.25) is 15.1 Å². The molecule has 0 amide bonds. The van der Waals surface area contributed by atoms with Crippen molar-refractivity contribution in [3.63, 3.8) is 0 Å². The van der Waals surface area contributed by atoms with Crippen molar-refractivity contribution in [1.29, 1.82) is 0 Å². The number of benzene rings is 1. The number of halogens is 3. The van der Waals surface area contributed by atoms with Crippen molar-refractivity contribution in [2.75, 3.05) is 7.05 Å². The molecule has 1 unspecified atom stereocenters. The minimum atomic E-state index is -0.286. The van der Waals surface area contributed by atoms with E-state index < -0.39 is 0 Å². The molecule has 0 N–H and O–H groups in total. The van der Waals surface area contributed by atoms with Gasteiger partial charge in [-0.15, -0.1) is 0 Å². The second-order valence-corrected chi connectivity index (χ2v) is 6.27. The fourth-order valence-electron chi connectivity index (χ4n) is 2.47. The molecule has 0 aliphatic carbocycles. The van der Waals surface area contributed by atoms with Crippen molar-refractivity contribution < 1.29 is 4.79 Å². The minimum absolute atomic E-state index is 0.00606. The molecule has 1 heterocycles. The Balaban J connectivity index is 2.63. The molecule has 2 nitrogen and oxygen atoms in total. The molecule has 1 radical (unpaired) electrons. The van der Waals surface area contributed by atoms with E-state index in [0.717, 1.165) is 17.0 Å². The Morgan fingerprint density at radius 1 is 1.19 bits per heavy atom. The van der Waals surface area contributed by atoms with Gasteiger partial charge in [-0.25, -0.2) is 0 Å². The molecular weight excluding hydrogens is 329 g/mol. The van der Waals surface area contributed by atoms with Crippen LogP contribution in [0.4, 0.5) is 0 Å². The zero-order valence-corrected chi connectivity index (χ0v) is 14.5. The average Bonchev–Trinajstić information content (AvgIpc) is 2.40. The highest BCUT2D eigenvalue weighted by atomic mass is 35.5. The molecule has 2 rings (SSSR count). The summed E-state index contributed by atoms with van der Waals surface area (Å²) >= 11 is 18.2. The smallest absolute Gasteiger partial charge is 0.158 e. The van der Waals surface area contributed by atoms with Gasteiger partial charge in [-0.05, 0) is 44.5 Å². The Kier molecular flexibility index (Phi) is 4.72. The summed E-state index contributed by atoms with van der Waals surface area (Å²) in [5.74, 6) is -0.280. The van der Waals surface area contributed by atoms with Gasteiger partial charge in [-0.2, -0.15) is 0 Å². The molecular formula is C16H15Cl3NO. The molecule has 0 spiro atoms. The van der Waals surface area contributed by atoms with Crippen molar-refractivity contribution in [3.05, 3.63) is 55.8 Å². The van der Waals surface area contributed by atoms with Crippen LogP contribution in [0.25, 0.3) is 0 Å². The normalized spacial score (nSPS) is 18.9. The predicted molar refractivity (Wildman–Crippen MR) is 87.8 cm³/mol. The summed E-state index contributed by atoms with van der Waals surface area (Å²) in [4.78, 5) is 14.0. The van der Waals surface area contributed by atoms with Gasteiger partial charge in [-0.1, -0.05) is 34.8 Å². The van der Waals surface area contributed by atoms with Crippen LogP contribution in [0.1, 0.15) is 32.3 Å². The fraction of sp³-hybridized carbons (Fsp3) is 0.312. The van der Waals surface area contributed by atoms with Gasteiger partial charge >= 0.3 is 0 Å². The molecule has 0 saturated carbocycles. The zero-order chi connectivity index (χ0) is 15.9. The van der Waals surface area contributed by atoms with E-state index >= 15 is 0 Å². The van der Waals surface area contributed by atoms with E-state index in [-0.39, 0.29) is 11.7 Å². The van der Waals surface area contributed by atoms with Gasteiger partial charge in [0.15, 0.2) is 5.78 Å². The van der Waals surface area contributed by atoms with E-state index in [1.807, 2.05) is 25.8 Å². The van der Waals surface area contributed by atoms with Gasteiger partial charge in [0.05, 0.1) is 15.1 Å². The third-order valence-corrected chi connectivity index (χ3v) is 4.95. The van der Waals surface area contributed by atoms with Crippen LogP contribution in [-0.4, -0.2) is 17.7 Å². The molecule has 0 saturated heterocycles. The van der Waals surface area contributed by atoms with E-state index in [4.69, 9.17) is 34.8 Å². The molecule has 1 atom stereocenters. The standard InChI is InChI=1S/C16H15Cl3NO/c1-8-5-12(15(10(3)21)9(2)20(8)4)11-6-13(17)16(19)14(18)7-11/h6-7,12H,1-4H3. The van der Waals surface area contributed by atoms with Gasteiger partial charge < -0.3 is 4.90 Å². The Labute approximate surface area is 140 Å². The molecule has 1 aliphatic heterocycles. The summed E-state index contributed by atoms with van der Waals surface area (Å²) in [6, 6.07) is 3.48. The van der Waals surface area contributed by atoms with Crippen LogP contribution in [0.3, 0.4) is 0 Å². The first-order valence-electron chi connectivity index (χ1n) is 6.44. The maximum atomic E-state index is 12.1.